The van der Waals surface area contributed by atoms with Crippen LogP contribution in [0.1, 0.15) is 20.3 Å². The van der Waals surface area contributed by atoms with Crippen LogP contribution in [0.3, 0.4) is 0 Å². The maximum atomic E-state index is 11.4. The molecule has 1 aromatic carbocycles. The fourth-order valence-corrected chi connectivity index (χ4v) is 1.56. The van der Waals surface area contributed by atoms with Gasteiger partial charge in [0.05, 0.1) is 18.5 Å². The van der Waals surface area contributed by atoms with Crippen LogP contribution in [0.2, 0.25) is 0 Å². The van der Waals surface area contributed by atoms with Crippen LogP contribution in [-0.2, 0) is 4.79 Å². The van der Waals surface area contributed by atoms with E-state index in [0.29, 0.717) is 13.0 Å². The Bertz CT molecular complexity index is 381. The molecular formula is C13H16N2O. The maximum absolute atomic E-state index is 11.4. The van der Waals surface area contributed by atoms with E-state index in [1.165, 1.54) is 0 Å². The molecule has 0 amide bonds. The second-order valence-corrected chi connectivity index (χ2v) is 3.72. The van der Waals surface area contributed by atoms with Crippen molar-refractivity contribution in [3.05, 3.63) is 30.3 Å². The van der Waals surface area contributed by atoms with Crippen LogP contribution in [-0.4, -0.2) is 18.4 Å². The van der Waals surface area contributed by atoms with Gasteiger partial charge in [-0.3, -0.25) is 4.79 Å². The largest absolute Gasteiger partial charge is 0.361 e. The Morgan fingerprint density at radius 3 is 2.56 bits per heavy atom. The number of benzene rings is 1. The van der Waals surface area contributed by atoms with Crippen molar-refractivity contribution >= 4 is 11.5 Å². The third-order valence-corrected chi connectivity index (χ3v) is 2.61. The number of nitrogens with zero attached hydrogens (tertiary/aromatic N) is 2. The normalized spacial score (nSPS) is 11.6. The van der Waals surface area contributed by atoms with Gasteiger partial charge in [0, 0.05) is 12.2 Å². The smallest absolute Gasteiger partial charge is 0.151 e. The summed E-state index contributed by atoms with van der Waals surface area (Å²) in [4.78, 5) is 13.4. The van der Waals surface area contributed by atoms with Crippen LogP contribution in [0.4, 0.5) is 5.69 Å². The Morgan fingerprint density at radius 2 is 2.06 bits per heavy atom. The standard InChI is InChI=1S/C13H16N2O/c1-11(12(2)16)15(10-6-9-14)13-7-4-3-5-8-13/h3-5,7-8,11H,6,10H2,1-2H3. The fourth-order valence-electron chi connectivity index (χ4n) is 1.56. The van der Waals surface area contributed by atoms with Gasteiger partial charge < -0.3 is 4.90 Å². The van der Waals surface area contributed by atoms with Gasteiger partial charge in [0.1, 0.15) is 0 Å². The van der Waals surface area contributed by atoms with E-state index in [-0.39, 0.29) is 11.8 Å². The molecule has 0 saturated carbocycles. The highest BCUT2D eigenvalue weighted by Gasteiger charge is 2.17. The topological polar surface area (TPSA) is 44.1 Å². The number of ketones is 1. The molecule has 0 aliphatic carbocycles. The number of nitriles is 1. The number of anilines is 1. The van der Waals surface area contributed by atoms with Crippen LogP contribution in [0.15, 0.2) is 30.3 Å². The monoisotopic (exact) mass is 216 g/mol. The van der Waals surface area contributed by atoms with Gasteiger partial charge >= 0.3 is 0 Å². The number of hydrogen-bond donors (Lipinski definition) is 0. The molecule has 0 N–H and O–H groups in total. The predicted molar refractivity (Wildman–Crippen MR) is 64.2 cm³/mol. The highest BCUT2D eigenvalue weighted by atomic mass is 16.1. The molecule has 0 fully saturated rings. The summed E-state index contributed by atoms with van der Waals surface area (Å²) < 4.78 is 0. The summed E-state index contributed by atoms with van der Waals surface area (Å²) in [6, 6.07) is 11.6. The minimum absolute atomic E-state index is 0.113. The lowest BCUT2D eigenvalue weighted by atomic mass is 10.1. The minimum Gasteiger partial charge on any atom is -0.361 e. The van der Waals surface area contributed by atoms with Gasteiger partial charge in [0.25, 0.3) is 0 Å². The van der Waals surface area contributed by atoms with Crippen molar-refractivity contribution in [1.82, 2.24) is 0 Å². The van der Waals surface area contributed by atoms with E-state index in [1.54, 1.807) is 6.92 Å². The van der Waals surface area contributed by atoms with E-state index >= 15 is 0 Å². The number of Topliss-reactive ketones (excluding diaryl/α,β-unsaturated/α-hetero) is 1. The van der Waals surface area contributed by atoms with Crippen molar-refractivity contribution in [3.8, 4) is 6.07 Å². The van der Waals surface area contributed by atoms with Crippen LogP contribution in [0, 0.1) is 11.3 Å². The van der Waals surface area contributed by atoms with Crippen LogP contribution in [0.5, 0.6) is 0 Å². The molecule has 0 radical (unpaired) electrons. The Hall–Kier alpha value is -1.82. The molecule has 0 heterocycles. The second kappa shape index (κ2) is 5.92. The summed E-state index contributed by atoms with van der Waals surface area (Å²) in [7, 11) is 0. The molecule has 1 unspecified atom stereocenters. The molecule has 0 aromatic heterocycles. The summed E-state index contributed by atoms with van der Waals surface area (Å²) >= 11 is 0. The molecule has 1 rings (SSSR count). The van der Waals surface area contributed by atoms with E-state index in [9.17, 15) is 4.79 Å². The quantitative estimate of drug-likeness (QED) is 0.759. The Labute approximate surface area is 96.3 Å². The van der Waals surface area contributed by atoms with Gasteiger partial charge in [-0.2, -0.15) is 5.26 Å². The third kappa shape index (κ3) is 3.09. The molecule has 1 aromatic rings. The van der Waals surface area contributed by atoms with E-state index in [2.05, 4.69) is 6.07 Å². The zero-order chi connectivity index (χ0) is 12.0. The molecule has 16 heavy (non-hydrogen) atoms. The molecule has 0 aliphatic heterocycles. The Kier molecular flexibility index (Phi) is 4.53. The van der Waals surface area contributed by atoms with Crippen LogP contribution < -0.4 is 4.90 Å². The summed E-state index contributed by atoms with van der Waals surface area (Å²) in [5, 5.41) is 8.62. The van der Waals surface area contributed by atoms with Crippen molar-refractivity contribution in [2.75, 3.05) is 11.4 Å². The Balaban J connectivity index is 2.88. The maximum Gasteiger partial charge on any atom is 0.151 e. The SMILES string of the molecule is CC(=O)C(C)N(CCC#N)c1ccccc1. The third-order valence-electron chi connectivity index (χ3n) is 2.61. The first-order valence-corrected chi connectivity index (χ1v) is 5.36. The molecule has 84 valence electrons. The van der Waals surface area contributed by atoms with Crippen molar-refractivity contribution in [2.45, 2.75) is 26.3 Å². The van der Waals surface area contributed by atoms with Gasteiger partial charge in [-0.05, 0) is 26.0 Å². The lowest BCUT2D eigenvalue weighted by Gasteiger charge is -2.28. The zero-order valence-electron chi connectivity index (χ0n) is 9.68. The van der Waals surface area contributed by atoms with Gasteiger partial charge in [-0.15, -0.1) is 0 Å². The number of para-hydroxylation sites is 1. The van der Waals surface area contributed by atoms with Gasteiger partial charge in [0.15, 0.2) is 5.78 Å². The number of carbonyl (C=O) groups is 1. The van der Waals surface area contributed by atoms with Crippen LogP contribution >= 0.6 is 0 Å². The molecule has 0 bridgehead atoms. The highest BCUT2D eigenvalue weighted by Crippen LogP contribution is 2.17. The highest BCUT2D eigenvalue weighted by molar-refractivity contribution is 5.84. The van der Waals surface area contributed by atoms with E-state index in [4.69, 9.17) is 5.26 Å². The Morgan fingerprint density at radius 1 is 1.44 bits per heavy atom. The van der Waals surface area contributed by atoms with E-state index in [0.717, 1.165) is 5.69 Å². The lowest BCUT2D eigenvalue weighted by Crippen LogP contribution is -2.38. The lowest BCUT2D eigenvalue weighted by molar-refractivity contribution is -0.117. The summed E-state index contributed by atoms with van der Waals surface area (Å²) in [5.41, 5.74) is 0.987. The van der Waals surface area contributed by atoms with Crippen molar-refractivity contribution in [1.29, 1.82) is 5.26 Å². The number of carbonyl (C=O) groups excluding carboxylic acids is 1. The first-order chi connectivity index (χ1) is 7.66. The molecule has 3 heteroatoms. The molecule has 3 nitrogen and oxygen atoms in total. The number of rotatable bonds is 5. The first kappa shape index (κ1) is 12.3. The molecule has 1 atom stereocenters. The second-order valence-electron chi connectivity index (χ2n) is 3.72. The van der Waals surface area contributed by atoms with Crippen molar-refractivity contribution in [3.63, 3.8) is 0 Å². The van der Waals surface area contributed by atoms with Gasteiger partial charge in [0.2, 0.25) is 0 Å². The average Bonchev–Trinajstić information content (AvgIpc) is 2.30. The van der Waals surface area contributed by atoms with E-state index in [1.807, 2.05) is 42.2 Å². The van der Waals surface area contributed by atoms with Crippen LogP contribution in [0.25, 0.3) is 0 Å². The fraction of sp³-hybridized carbons (Fsp3) is 0.385. The molecule has 0 spiro atoms. The molecule has 0 saturated heterocycles. The van der Waals surface area contributed by atoms with Gasteiger partial charge in [-0.1, -0.05) is 18.2 Å². The van der Waals surface area contributed by atoms with E-state index < -0.39 is 0 Å². The van der Waals surface area contributed by atoms with Crippen molar-refractivity contribution < 1.29 is 4.79 Å². The molecular weight excluding hydrogens is 200 g/mol. The van der Waals surface area contributed by atoms with Gasteiger partial charge in [-0.25, -0.2) is 0 Å². The predicted octanol–water partition coefficient (Wildman–Crippen LogP) is 2.38. The zero-order valence-corrected chi connectivity index (χ0v) is 9.68. The minimum atomic E-state index is -0.184. The summed E-state index contributed by atoms with van der Waals surface area (Å²) in [6.45, 7) is 4.03. The van der Waals surface area contributed by atoms with Crippen molar-refractivity contribution in [2.24, 2.45) is 0 Å². The average molecular weight is 216 g/mol. The summed E-state index contributed by atoms with van der Waals surface area (Å²) in [5.74, 6) is 0.113. The first-order valence-electron chi connectivity index (χ1n) is 5.36. The molecule has 0 aliphatic rings. The summed E-state index contributed by atoms with van der Waals surface area (Å²) in [6.07, 6.45) is 0.423. The number of hydrogen-bond acceptors (Lipinski definition) is 3.